The lowest BCUT2D eigenvalue weighted by atomic mass is 10.1. The van der Waals surface area contributed by atoms with Crippen molar-refractivity contribution in [3.8, 4) is 5.75 Å². The van der Waals surface area contributed by atoms with Crippen molar-refractivity contribution in [2.24, 2.45) is 0 Å². The predicted molar refractivity (Wildman–Crippen MR) is 90.5 cm³/mol. The third-order valence-electron chi connectivity index (χ3n) is 3.41. The van der Waals surface area contributed by atoms with Crippen LogP contribution < -0.4 is 10.1 Å². The third-order valence-corrected chi connectivity index (χ3v) is 3.65. The molecular formula is C18H22ClNO. The summed E-state index contributed by atoms with van der Waals surface area (Å²) in [5.41, 5.74) is 3.49. The lowest BCUT2D eigenvalue weighted by Crippen LogP contribution is -2.07. The zero-order valence-corrected chi connectivity index (χ0v) is 13.6. The second-order valence-corrected chi connectivity index (χ2v) is 5.68. The number of ether oxygens (including phenoxy) is 1. The molecule has 2 aromatic carbocycles. The number of rotatable bonds is 6. The molecule has 2 aromatic rings. The van der Waals surface area contributed by atoms with Gasteiger partial charge in [0.15, 0.2) is 0 Å². The fourth-order valence-electron chi connectivity index (χ4n) is 2.18. The molecule has 0 aliphatic heterocycles. The highest BCUT2D eigenvalue weighted by molar-refractivity contribution is 6.30. The minimum absolute atomic E-state index is 0.227. The Morgan fingerprint density at radius 1 is 1.14 bits per heavy atom. The van der Waals surface area contributed by atoms with Crippen LogP contribution in [-0.4, -0.2) is 6.61 Å². The molecule has 0 saturated carbocycles. The average Bonchev–Trinajstić information content (AvgIpc) is 2.48. The number of anilines is 1. The largest absolute Gasteiger partial charge is 0.494 e. The van der Waals surface area contributed by atoms with E-state index in [9.17, 15) is 0 Å². The molecule has 1 N–H and O–H groups in total. The van der Waals surface area contributed by atoms with Crippen LogP contribution in [0.5, 0.6) is 5.75 Å². The standard InChI is InChI=1S/C18H22ClNO/c1-4-11-21-17-8-5-15(6-9-17)14(3)20-18-10-7-16(19)12-13(18)2/h5-10,12,14,20H,4,11H2,1-3H3. The molecule has 1 unspecified atom stereocenters. The maximum atomic E-state index is 5.99. The molecule has 0 radical (unpaired) electrons. The number of nitrogens with one attached hydrogen (secondary N) is 1. The van der Waals surface area contributed by atoms with Gasteiger partial charge in [0.05, 0.1) is 6.61 Å². The van der Waals surface area contributed by atoms with E-state index in [4.69, 9.17) is 16.3 Å². The molecule has 0 saturated heterocycles. The molecule has 2 rings (SSSR count). The van der Waals surface area contributed by atoms with Gasteiger partial charge in [0, 0.05) is 16.8 Å². The van der Waals surface area contributed by atoms with Crippen molar-refractivity contribution in [3.05, 3.63) is 58.6 Å². The van der Waals surface area contributed by atoms with Crippen molar-refractivity contribution in [2.45, 2.75) is 33.2 Å². The average molecular weight is 304 g/mol. The summed E-state index contributed by atoms with van der Waals surface area (Å²) in [4.78, 5) is 0. The molecule has 112 valence electrons. The molecule has 0 heterocycles. The van der Waals surface area contributed by atoms with Gasteiger partial charge in [-0.05, 0) is 61.7 Å². The van der Waals surface area contributed by atoms with Gasteiger partial charge >= 0.3 is 0 Å². The van der Waals surface area contributed by atoms with Crippen molar-refractivity contribution < 1.29 is 4.74 Å². The summed E-state index contributed by atoms with van der Waals surface area (Å²) in [6.07, 6.45) is 1.02. The molecular weight excluding hydrogens is 282 g/mol. The van der Waals surface area contributed by atoms with Gasteiger partial charge in [-0.15, -0.1) is 0 Å². The Bertz CT molecular complexity index is 580. The van der Waals surface area contributed by atoms with E-state index >= 15 is 0 Å². The van der Waals surface area contributed by atoms with E-state index in [0.29, 0.717) is 0 Å². The van der Waals surface area contributed by atoms with Crippen molar-refractivity contribution >= 4 is 17.3 Å². The first-order chi connectivity index (χ1) is 10.1. The van der Waals surface area contributed by atoms with Crippen LogP contribution >= 0.6 is 11.6 Å². The Kier molecular flexibility index (Phi) is 5.51. The van der Waals surface area contributed by atoms with Gasteiger partial charge in [0.2, 0.25) is 0 Å². The van der Waals surface area contributed by atoms with Crippen LogP contribution in [0.3, 0.4) is 0 Å². The second kappa shape index (κ2) is 7.37. The lowest BCUT2D eigenvalue weighted by molar-refractivity contribution is 0.317. The van der Waals surface area contributed by atoms with Crippen LogP contribution in [0.1, 0.15) is 37.4 Å². The monoisotopic (exact) mass is 303 g/mol. The minimum atomic E-state index is 0.227. The molecule has 3 heteroatoms. The van der Waals surface area contributed by atoms with Gasteiger partial charge in [-0.25, -0.2) is 0 Å². The highest BCUT2D eigenvalue weighted by atomic mass is 35.5. The van der Waals surface area contributed by atoms with Crippen LogP contribution in [0.15, 0.2) is 42.5 Å². The summed E-state index contributed by atoms with van der Waals surface area (Å²) >= 11 is 5.99. The van der Waals surface area contributed by atoms with E-state index in [0.717, 1.165) is 35.1 Å². The normalized spacial score (nSPS) is 12.0. The maximum Gasteiger partial charge on any atom is 0.119 e. The molecule has 0 aliphatic rings. The van der Waals surface area contributed by atoms with Crippen molar-refractivity contribution in [1.29, 1.82) is 0 Å². The quantitative estimate of drug-likeness (QED) is 0.749. The summed E-state index contributed by atoms with van der Waals surface area (Å²) in [7, 11) is 0. The highest BCUT2D eigenvalue weighted by Gasteiger charge is 2.07. The SMILES string of the molecule is CCCOc1ccc(C(C)Nc2ccc(Cl)cc2C)cc1. The minimum Gasteiger partial charge on any atom is -0.494 e. The molecule has 0 bridgehead atoms. The molecule has 2 nitrogen and oxygen atoms in total. The first-order valence-corrected chi connectivity index (χ1v) is 7.73. The van der Waals surface area contributed by atoms with Crippen LogP contribution in [0.25, 0.3) is 0 Å². The zero-order valence-electron chi connectivity index (χ0n) is 12.8. The number of benzene rings is 2. The molecule has 0 aromatic heterocycles. The predicted octanol–water partition coefficient (Wildman–Crippen LogP) is 5.61. The molecule has 0 spiro atoms. The van der Waals surface area contributed by atoms with E-state index in [-0.39, 0.29) is 6.04 Å². The third kappa shape index (κ3) is 4.40. The Labute approximate surface area is 132 Å². The fourth-order valence-corrected chi connectivity index (χ4v) is 2.40. The van der Waals surface area contributed by atoms with Gasteiger partial charge < -0.3 is 10.1 Å². The van der Waals surface area contributed by atoms with E-state index in [1.165, 1.54) is 5.56 Å². The summed E-state index contributed by atoms with van der Waals surface area (Å²) in [6, 6.07) is 14.4. The first kappa shape index (κ1) is 15.7. The molecule has 21 heavy (non-hydrogen) atoms. The van der Waals surface area contributed by atoms with Crippen LogP contribution in [-0.2, 0) is 0 Å². The molecule has 0 fully saturated rings. The summed E-state index contributed by atoms with van der Waals surface area (Å²) < 4.78 is 5.61. The van der Waals surface area contributed by atoms with Gasteiger partial charge in [0.25, 0.3) is 0 Å². The smallest absolute Gasteiger partial charge is 0.119 e. The summed E-state index contributed by atoms with van der Waals surface area (Å²) in [6.45, 7) is 7.07. The van der Waals surface area contributed by atoms with Crippen LogP contribution in [0, 0.1) is 6.92 Å². The fraction of sp³-hybridized carbons (Fsp3) is 0.333. The number of halogens is 1. The number of hydrogen-bond donors (Lipinski definition) is 1. The van der Waals surface area contributed by atoms with E-state index < -0.39 is 0 Å². The van der Waals surface area contributed by atoms with Gasteiger partial charge in [-0.3, -0.25) is 0 Å². The van der Waals surface area contributed by atoms with Gasteiger partial charge in [-0.1, -0.05) is 30.7 Å². The summed E-state index contributed by atoms with van der Waals surface area (Å²) in [5, 5.41) is 4.28. The number of hydrogen-bond acceptors (Lipinski definition) is 2. The van der Waals surface area contributed by atoms with Crippen LogP contribution in [0.2, 0.25) is 5.02 Å². The zero-order chi connectivity index (χ0) is 15.2. The van der Waals surface area contributed by atoms with Crippen molar-refractivity contribution in [2.75, 3.05) is 11.9 Å². The summed E-state index contributed by atoms with van der Waals surface area (Å²) in [5.74, 6) is 0.926. The Morgan fingerprint density at radius 2 is 1.86 bits per heavy atom. The van der Waals surface area contributed by atoms with E-state index in [2.05, 4.69) is 38.2 Å². The van der Waals surface area contributed by atoms with Crippen LogP contribution in [0.4, 0.5) is 5.69 Å². The first-order valence-electron chi connectivity index (χ1n) is 7.35. The van der Waals surface area contributed by atoms with E-state index in [1.807, 2.05) is 30.3 Å². The van der Waals surface area contributed by atoms with Crippen molar-refractivity contribution in [3.63, 3.8) is 0 Å². The van der Waals surface area contributed by atoms with Gasteiger partial charge in [0.1, 0.15) is 5.75 Å². The molecule has 1 atom stereocenters. The van der Waals surface area contributed by atoms with Gasteiger partial charge in [-0.2, -0.15) is 0 Å². The molecule has 0 aliphatic carbocycles. The topological polar surface area (TPSA) is 21.3 Å². The Balaban J connectivity index is 2.04. The number of aryl methyl sites for hydroxylation is 1. The van der Waals surface area contributed by atoms with Crippen molar-refractivity contribution in [1.82, 2.24) is 0 Å². The highest BCUT2D eigenvalue weighted by Crippen LogP contribution is 2.25. The molecule has 0 amide bonds. The Hall–Kier alpha value is -1.67. The van der Waals surface area contributed by atoms with E-state index in [1.54, 1.807) is 0 Å². The lowest BCUT2D eigenvalue weighted by Gasteiger charge is -2.18. The Morgan fingerprint density at radius 3 is 2.48 bits per heavy atom. The second-order valence-electron chi connectivity index (χ2n) is 5.24. The maximum absolute atomic E-state index is 5.99.